The van der Waals surface area contributed by atoms with Crippen molar-refractivity contribution in [2.75, 3.05) is 13.2 Å². The molecule has 0 spiro atoms. The van der Waals surface area contributed by atoms with Gasteiger partial charge in [-0.1, -0.05) is 56.8 Å². The van der Waals surface area contributed by atoms with Crippen molar-refractivity contribution in [1.29, 1.82) is 0 Å². The number of hydrogen-bond acceptors (Lipinski definition) is 2. The van der Waals surface area contributed by atoms with Gasteiger partial charge >= 0.3 is 0 Å². The summed E-state index contributed by atoms with van der Waals surface area (Å²) in [5.74, 6) is -3.83. The van der Waals surface area contributed by atoms with Gasteiger partial charge in [0, 0.05) is 0 Å². The summed E-state index contributed by atoms with van der Waals surface area (Å²) in [7, 11) is 0. The van der Waals surface area contributed by atoms with E-state index in [1.54, 1.807) is 19.1 Å². The van der Waals surface area contributed by atoms with Crippen LogP contribution in [0.25, 0.3) is 0 Å². The third-order valence-electron chi connectivity index (χ3n) is 7.23. The Morgan fingerprint density at radius 2 is 1.53 bits per heavy atom. The fourth-order valence-electron chi connectivity index (χ4n) is 4.91. The number of benzene rings is 2. The highest BCUT2D eigenvalue weighted by molar-refractivity contribution is 5.35. The van der Waals surface area contributed by atoms with Crippen LogP contribution in [0.1, 0.15) is 87.3 Å². The number of hydrogen-bond donors (Lipinski definition) is 0. The molecule has 0 amide bonds. The Labute approximate surface area is 224 Å². The third kappa shape index (κ3) is 7.52. The smallest absolute Gasteiger partial charge is 0.200 e. The van der Waals surface area contributed by atoms with Crippen LogP contribution in [0.5, 0.6) is 5.75 Å². The molecule has 1 fully saturated rings. The molecular formula is C32H38F4O2. The summed E-state index contributed by atoms with van der Waals surface area (Å²) in [5.41, 5.74) is 2.69. The lowest BCUT2D eigenvalue weighted by atomic mass is 9.76. The lowest BCUT2D eigenvalue weighted by Gasteiger charge is -2.29. The second-order valence-electron chi connectivity index (χ2n) is 9.86. The second kappa shape index (κ2) is 14.2. The predicted molar refractivity (Wildman–Crippen MR) is 145 cm³/mol. The van der Waals surface area contributed by atoms with Crippen LogP contribution in [0.3, 0.4) is 0 Å². The zero-order valence-electron chi connectivity index (χ0n) is 22.4. The molecule has 0 N–H and O–H groups in total. The van der Waals surface area contributed by atoms with Crippen molar-refractivity contribution in [2.45, 2.75) is 77.0 Å². The molecule has 2 aromatic carbocycles. The highest BCUT2D eigenvalue weighted by Crippen LogP contribution is 2.42. The molecule has 0 radical (unpaired) electrons. The first-order valence-corrected chi connectivity index (χ1v) is 13.5. The zero-order valence-corrected chi connectivity index (χ0v) is 22.4. The van der Waals surface area contributed by atoms with Crippen molar-refractivity contribution in [3.8, 4) is 5.75 Å². The molecule has 1 aliphatic rings. The Bertz CT molecular complexity index is 1130. The molecule has 1 aliphatic carbocycles. The largest absolute Gasteiger partial charge is 0.491 e. The van der Waals surface area contributed by atoms with Gasteiger partial charge in [-0.25, -0.2) is 8.78 Å². The van der Waals surface area contributed by atoms with E-state index in [0.29, 0.717) is 24.5 Å². The number of allylic oxidation sites excluding steroid dienone is 3. The average Bonchev–Trinajstić information content (AvgIpc) is 2.94. The van der Waals surface area contributed by atoms with Crippen molar-refractivity contribution < 1.29 is 27.0 Å². The molecule has 0 aromatic heterocycles. The molecule has 0 atom stereocenters. The maximum absolute atomic E-state index is 14.8. The fraction of sp³-hybridized carbons (Fsp3) is 0.438. The van der Waals surface area contributed by atoms with Crippen LogP contribution in [0.4, 0.5) is 17.6 Å². The van der Waals surface area contributed by atoms with E-state index < -0.39 is 23.3 Å². The molecule has 2 nitrogen and oxygen atoms in total. The number of rotatable bonds is 13. The van der Waals surface area contributed by atoms with Gasteiger partial charge in [0.2, 0.25) is 5.82 Å². The van der Waals surface area contributed by atoms with Gasteiger partial charge in [0.25, 0.3) is 0 Å². The van der Waals surface area contributed by atoms with Crippen LogP contribution in [-0.4, -0.2) is 13.2 Å². The van der Waals surface area contributed by atoms with E-state index in [9.17, 15) is 17.6 Å². The number of aryl methyl sites for hydroxylation is 1. The molecular weight excluding hydrogens is 492 g/mol. The van der Waals surface area contributed by atoms with Crippen LogP contribution in [-0.2, 0) is 11.2 Å². The predicted octanol–water partition coefficient (Wildman–Crippen LogP) is 9.77. The molecule has 0 heterocycles. The van der Waals surface area contributed by atoms with Gasteiger partial charge in [-0.15, -0.1) is 0 Å². The van der Waals surface area contributed by atoms with E-state index >= 15 is 0 Å². The molecule has 2 aromatic rings. The summed E-state index contributed by atoms with van der Waals surface area (Å²) >= 11 is 0. The van der Waals surface area contributed by atoms with E-state index in [4.69, 9.17) is 9.47 Å². The normalized spacial score (nSPS) is 18.1. The van der Waals surface area contributed by atoms with E-state index in [2.05, 4.69) is 25.3 Å². The van der Waals surface area contributed by atoms with E-state index in [1.807, 2.05) is 19.1 Å². The minimum Gasteiger partial charge on any atom is -0.491 e. The van der Waals surface area contributed by atoms with Crippen molar-refractivity contribution in [2.24, 2.45) is 0 Å². The van der Waals surface area contributed by atoms with Gasteiger partial charge in [-0.3, -0.25) is 0 Å². The molecule has 1 saturated carbocycles. The lowest BCUT2D eigenvalue weighted by Crippen LogP contribution is -2.14. The minimum absolute atomic E-state index is 0.0159. The van der Waals surface area contributed by atoms with Gasteiger partial charge in [0.1, 0.15) is 0 Å². The Morgan fingerprint density at radius 1 is 0.868 bits per heavy atom. The molecule has 0 bridgehead atoms. The van der Waals surface area contributed by atoms with E-state index in [1.165, 1.54) is 5.56 Å². The topological polar surface area (TPSA) is 18.5 Å². The SMILES string of the molecule is C=C(CCc1ccc(C2CCC(c3ccc(OCCCC)c(F)c3F)CC2)cc1)/C(F)=C(/F)C(=C)OCC. The average molecular weight is 531 g/mol. The van der Waals surface area contributed by atoms with Gasteiger partial charge in [0.05, 0.1) is 13.2 Å². The summed E-state index contributed by atoms with van der Waals surface area (Å²) in [4.78, 5) is 0. The van der Waals surface area contributed by atoms with Crippen LogP contribution >= 0.6 is 0 Å². The molecule has 0 unspecified atom stereocenters. The molecule has 38 heavy (non-hydrogen) atoms. The van der Waals surface area contributed by atoms with Crippen LogP contribution in [0.2, 0.25) is 0 Å². The van der Waals surface area contributed by atoms with Crippen molar-refractivity contribution in [3.63, 3.8) is 0 Å². The summed E-state index contributed by atoms with van der Waals surface area (Å²) in [6.07, 6.45) is 5.85. The first-order valence-electron chi connectivity index (χ1n) is 13.5. The summed E-state index contributed by atoms with van der Waals surface area (Å²) in [6, 6.07) is 11.3. The van der Waals surface area contributed by atoms with Gasteiger partial charge < -0.3 is 9.47 Å². The summed E-state index contributed by atoms with van der Waals surface area (Å²) in [6.45, 7) is 11.3. The first kappa shape index (κ1) is 29.5. The van der Waals surface area contributed by atoms with E-state index in [-0.39, 0.29) is 36.0 Å². The highest BCUT2D eigenvalue weighted by atomic mass is 19.2. The zero-order chi connectivity index (χ0) is 27.7. The molecule has 6 heteroatoms. The van der Waals surface area contributed by atoms with Crippen molar-refractivity contribution >= 4 is 0 Å². The molecule has 206 valence electrons. The third-order valence-corrected chi connectivity index (χ3v) is 7.23. The van der Waals surface area contributed by atoms with Crippen molar-refractivity contribution in [1.82, 2.24) is 0 Å². The number of unbranched alkanes of at least 4 members (excludes halogenated alkanes) is 1. The summed E-state index contributed by atoms with van der Waals surface area (Å²) < 4.78 is 68.0. The van der Waals surface area contributed by atoms with Gasteiger partial charge in [-0.05, 0) is 92.0 Å². The Kier molecular flexibility index (Phi) is 11.1. The maximum atomic E-state index is 14.8. The van der Waals surface area contributed by atoms with Crippen molar-refractivity contribution in [3.05, 3.63) is 101 Å². The summed E-state index contributed by atoms with van der Waals surface area (Å²) in [5, 5.41) is 0. The first-order chi connectivity index (χ1) is 18.3. The number of halogens is 4. The second-order valence-corrected chi connectivity index (χ2v) is 9.86. The lowest BCUT2D eigenvalue weighted by molar-refractivity contribution is 0.224. The molecule has 0 saturated heterocycles. The van der Waals surface area contributed by atoms with Gasteiger partial charge in [0.15, 0.2) is 29.0 Å². The number of ether oxygens (including phenoxy) is 2. The van der Waals surface area contributed by atoms with Crippen LogP contribution in [0.15, 0.2) is 72.5 Å². The molecule has 0 aliphatic heterocycles. The Morgan fingerprint density at radius 3 is 2.16 bits per heavy atom. The highest BCUT2D eigenvalue weighted by Gasteiger charge is 2.27. The van der Waals surface area contributed by atoms with Crippen LogP contribution in [0, 0.1) is 11.6 Å². The van der Waals surface area contributed by atoms with Crippen LogP contribution < -0.4 is 4.74 Å². The molecule has 3 rings (SSSR count). The van der Waals surface area contributed by atoms with E-state index in [0.717, 1.165) is 44.1 Å². The standard InChI is InChI=1S/C32H38F4O2/c1-5-7-20-38-28-19-18-27(31(35)32(28)36)26-16-14-25(15-17-26)24-12-10-23(11-13-24)9-8-21(3)29(33)30(34)22(4)37-6-2/h10-13,18-19,25-26H,3-9,14-17,20H2,1-2H3/b30-29-. The monoisotopic (exact) mass is 530 g/mol. The minimum atomic E-state index is -1.11. The quantitative estimate of drug-likeness (QED) is 0.111. The maximum Gasteiger partial charge on any atom is 0.200 e. The van der Waals surface area contributed by atoms with Gasteiger partial charge in [-0.2, -0.15) is 8.78 Å². The Hall–Kier alpha value is -3.02. The fourth-order valence-corrected chi connectivity index (χ4v) is 4.91. The Balaban J connectivity index is 1.53.